The van der Waals surface area contributed by atoms with Gasteiger partial charge in [-0.1, -0.05) is 23.8 Å². The summed E-state index contributed by atoms with van der Waals surface area (Å²) in [5.74, 6) is 0.587. The van der Waals surface area contributed by atoms with Crippen molar-refractivity contribution < 1.29 is 9.84 Å². The van der Waals surface area contributed by atoms with Crippen LogP contribution in [0.1, 0.15) is 24.8 Å². The smallest absolute Gasteiger partial charge is 0.162 e. The quantitative estimate of drug-likeness (QED) is 0.823. The van der Waals surface area contributed by atoms with Gasteiger partial charge in [0.1, 0.15) is 0 Å². The van der Waals surface area contributed by atoms with Crippen LogP contribution in [-0.2, 0) is 6.54 Å². The Morgan fingerprint density at radius 2 is 2.28 bits per heavy atom. The highest BCUT2D eigenvalue weighted by atomic mass is 35.5. The molecule has 0 radical (unpaired) electrons. The monoisotopic (exact) mass is 267 g/mol. The summed E-state index contributed by atoms with van der Waals surface area (Å²) in [7, 11) is 1.52. The molecular formula is C14H18ClNO2. The van der Waals surface area contributed by atoms with E-state index in [1.165, 1.54) is 7.11 Å². The first-order valence-corrected chi connectivity index (χ1v) is 6.52. The van der Waals surface area contributed by atoms with Gasteiger partial charge in [0.05, 0.1) is 7.11 Å². The second-order valence-corrected chi connectivity index (χ2v) is 4.91. The molecule has 1 aliphatic rings. The fourth-order valence-electron chi connectivity index (χ4n) is 2.15. The van der Waals surface area contributed by atoms with Crippen LogP contribution < -0.4 is 10.1 Å². The molecule has 1 unspecified atom stereocenters. The summed E-state index contributed by atoms with van der Waals surface area (Å²) >= 11 is 5.99. The van der Waals surface area contributed by atoms with Gasteiger partial charge in [-0.25, -0.2) is 0 Å². The predicted octanol–water partition coefficient (Wildman–Crippen LogP) is 3.25. The summed E-state index contributed by atoms with van der Waals surface area (Å²) in [6, 6.07) is 3.86. The summed E-state index contributed by atoms with van der Waals surface area (Å²) in [4.78, 5) is 0. The molecule has 1 atom stereocenters. The van der Waals surface area contributed by atoms with Crippen LogP contribution in [0.4, 0.5) is 0 Å². The van der Waals surface area contributed by atoms with Crippen LogP contribution in [0.2, 0.25) is 5.02 Å². The SMILES string of the molecule is COc1cc(Cl)cc(CNC2CC=CCC2)c1O. The lowest BCUT2D eigenvalue weighted by Gasteiger charge is -2.20. The Kier molecular flexibility index (Phi) is 4.50. The van der Waals surface area contributed by atoms with E-state index in [1.54, 1.807) is 12.1 Å². The number of aromatic hydroxyl groups is 1. The van der Waals surface area contributed by atoms with Crippen LogP contribution in [-0.4, -0.2) is 18.3 Å². The molecule has 1 aromatic carbocycles. The number of phenols is 1. The second kappa shape index (κ2) is 6.12. The summed E-state index contributed by atoms with van der Waals surface area (Å²) in [6.45, 7) is 0.598. The molecule has 18 heavy (non-hydrogen) atoms. The van der Waals surface area contributed by atoms with Crippen molar-refractivity contribution in [3.8, 4) is 11.5 Å². The van der Waals surface area contributed by atoms with Gasteiger partial charge in [0.25, 0.3) is 0 Å². The number of ether oxygens (including phenoxy) is 1. The Bertz CT molecular complexity index is 446. The van der Waals surface area contributed by atoms with Crippen molar-refractivity contribution in [2.45, 2.75) is 31.8 Å². The van der Waals surface area contributed by atoms with Gasteiger partial charge in [-0.05, 0) is 25.3 Å². The molecule has 0 spiro atoms. The number of halogens is 1. The van der Waals surface area contributed by atoms with Crippen LogP contribution in [0.15, 0.2) is 24.3 Å². The molecule has 0 saturated heterocycles. The number of allylic oxidation sites excluding steroid dienone is 1. The maximum Gasteiger partial charge on any atom is 0.162 e. The molecule has 3 nitrogen and oxygen atoms in total. The average Bonchev–Trinajstić information content (AvgIpc) is 2.40. The highest BCUT2D eigenvalue weighted by molar-refractivity contribution is 6.30. The molecule has 0 heterocycles. The van der Waals surface area contributed by atoms with Crippen molar-refractivity contribution in [2.75, 3.05) is 7.11 Å². The molecule has 0 aliphatic heterocycles. The molecule has 0 bridgehead atoms. The zero-order valence-electron chi connectivity index (χ0n) is 10.4. The number of benzene rings is 1. The molecule has 98 valence electrons. The summed E-state index contributed by atoms with van der Waals surface area (Å²) < 4.78 is 5.08. The number of hydrogen-bond acceptors (Lipinski definition) is 3. The van der Waals surface area contributed by atoms with Crippen molar-refractivity contribution >= 4 is 11.6 Å². The van der Waals surface area contributed by atoms with Crippen molar-refractivity contribution in [3.05, 3.63) is 34.9 Å². The zero-order valence-corrected chi connectivity index (χ0v) is 11.2. The Morgan fingerprint density at radius 3 is 2.94 bits per heavy atom. The van der Waals surface area contributed by atoms with E-state index in [0.717, 1.165) is 24.8 Å². The van der Waals surface area contributed by atoms with Crippen molar-refractivity contribution in [1.82, 2.24) is 5.32 Å². The first kappa shape index (κ1) is 13.2. The molecule has 0 amide bonds. The van der Waals surface area contributed by atoms with Crippen LogP contribution in [0.3, 0.4) is 0 Å². The van der Waals surface area contributed by atoms with Gasteiger partial charge in [0.2, 0.25) is 0 Å². The van der Waals surface area contributed by atoms with Gasteiger partial charge in [-0.15, -0.1) is 0 Å². The van der Waals surface area contributed by atoms with E-state index in [-0.39, 0.29) is 5.75 Å². The molecule has 0 aromatic heterocycles. The van der Waals surface area contributed by atoms with E-state index in [9.17, 15) is 5.11 Å². The van der Waals surface area contributed by atoms with Gasteiger partial charge in [0.15, 0.2) is 11.5 Å². The van der Waals surface area contributed by atoms with E-state index >= 15 is 0 Å². The van der Waals surface area contributed by atoms with Crippen molar-refractivity contribution in [1.29, 1.82) is 0 Å². The minimum atomic E-state index is 0.167. The molecule has 1 aliphatic carbocycles. The third-order valence-corrected chi connectivity index (χ3v) is 3.41. The standard InChI is InChI=1S/C14H18ClNO2/c1-18-13-8-11(15)7-10(14(13)17)9-16-12-5-3-2-4-6-12/h2-3,7-8,12,16-17H,4-6,9H2,1H3. The van der Waals surface area contributed by atoms with E-state index in [4.69, 9.17) is 16.3 Å². The molecule has 2 rings (SSSR count). The first-order valence-electron chi connectivity index (χ1n) is 6.14. The lowest BCUT2D eigenvalue weighted by atomic mass is 10.0. The highest BCUT2D eigenvalue weighted by Gasteiger charge is 2.13. The Morgan fingerprint density at radius 1 is 1.44 bits per heavy atom. The topological polar surface area (TPSA) is 41.5 Å². The molecule has 0 fully saturated rings. The van der Waals surface area contributed by atoms with Gasteiger partial charge < -0.3 is 15.2 Å². The Labute approximate surface area is 112 Å². The molecule has 2 N–H and O–H groups in total. The van der Waals surface area contributed by atoms with Crippen molar-refractivity contribution in [3.63, 3.8) is 0 Å². The van der Waals surface area contributed by atoms with E-state index in [0.29, 0.717) is 23.4 Å². The van der Waals surface area contributed by atoms with E-state index < -0.39 is 0 Å². The number of rotatable bonds is 4. The minimum Gasteiger partial charge on any atom is -0.504 e. The maximum absolute atomic E-state index is 10.0. The summed E-state index contributed by atoms with van der Waals surface area (Å²) in [5.41, 5.74) is 0.772. The lowest BCUT2D eigenvalue weighted by Crippen LogP contribution is -2.29. The number of phenolic OH excluding ortho intramolecular Hbond substituents is 1. The van der Waals surface area contributed by atoms with Gasteiger partial charge >= 0.3 is 0 Å². The number of nitrogens with one attached hydrogen (secondary N) is 1. The molecule has 1 aromatic rings. The fourth-order valence-corrected chi connectivity index (χ4v) is 2.38. The minimum absolute atomic E-state index is 0.167. The molecule has 0 saturated carbocycles. The van der Waals surface area contributed by atoms with E-state index in [1.807, 2.05) is 0 Å². The predicted molar refractivity (Wildman–Crippen MR) is 73.3 cm³/mol. The number of hydrogen-bond donors (Lipinski definition) is 2. The van der Waals surface area contributed by atoms with E-state index in [2.05, 4.69) is 17.5 Å². The van der Waals surface area contributed by atoms with Gasteiger partial charge in [-0.3, -0.25) is 0 Å². The largest absolute Gasteiger partial charge is 0.504 e. The van der Waals surface area contributed by atoms with Gasteiger partial charge in [-0.2, -0.15) is 0 Å². The third kappa shape index (κ3) is 3.18. The van der Waals surface area contributed by atoms with Crippen LogP contribution >= 0.6 is 11.6 Å². The average molecular weight is 268 g/mol. The third-order valence-electron chi connectivity index (χ3n) is 3.19. The first-order chi connectivity index (χ1) is 8.70. The van der Waals surface area contributed by atoms with Crippen LogP contribution in [0.25, 0.3) is 0 Å². The number of methoxy groups -OCH3 is 1. The second-order valence-electron chi connectivity index (χ2n) is 4.48. The van der Waals surface area contributed by atoms with Crippen molar-refractivity contribution in [2.24, 2.45) is 0 Å². The summed E-state index contributed by atoms with van der Waals surface area (Å²) in [5, 5.41) is 14.0. The van der Waals surface area contributed by atoms with Crippen LogP contribution in [0.5, 0.6) is 11.5 Å². The normalized spacial score (nSPS) is 18.9. The Balaban J connectivity index is 2.04. The fraction of sp³-hybridized carbons (Fsp3) is 0.429. The van der Waals surface area contributed by atoms with Gasteiger partial charge in [0, 0.05) is 29.2 Å². The zero-order chi connectivity index (χ0) is 13.0. The maximum atomic E-state index is 10.0. The summed E-state index contributed by atoms with van der Waals surface area (Å²) in [6.07, 6.45) is 7.69. The molecule has 4 heteroatoms. The highest BCUT2D eigenvalue weighted by Crippen LogP contribution is 2.33. The molecular weight excluding hydrogens is 250 g/mol. The lowest BCUT2D eigenvalue weighted by molar-refractivity contribution is 0.368. The van der Waals surface area contributed by atoms with Crippen LogP contribution in [0, 0.1) is 0 Å². The Hall–Kier alpha value is -1.19.